The molecule has 0 N–H and O–H groups in total. The van der Waals surface area contributed by atoms with Crippen LogP contribution in [0.4, 0.5) is 0 Å². The highest BCUT2D eigenvalue weighted by molar-refractivity contribution is 5.76. The van der Waals surface area contributed by atoms with Crippen LogP contribution in [0.25, 0.3) is 0 Å². The second kappa shape index (κ2) is 8.10. The smallest absolute Gasteiger partial charge is 0.223 e. The first-order chi connectivity index (χ1) is 11.7. The van der Waals surface area contributed by atoms with Gasteiger partial charge in [0.05, 0.1) is 13.2 Å². The molecule has 5 nitrogen and oxygen atoms in total. The van der Waals surface area contributed by atoms with Crippen molar-refractivity contribution in [1.82, 2.24) is 9.80 Å². The van der Waals surface area contributed by atoms with Gasteiger partial charge in [-0.3, -0.25) is 9.69 Å². The van der Waals surface area contributed by atoms with E-state index in [0.717, 1.165) is 45.6 Å². The molecule has 5 heteroatoms. The molecule has 1 spiro atoms. The normalized spacial score (nSPS) is 20.0. The van der Waals surface area contributed by atoms with E-state index in [1.165, 1.54) is 5.56 Å². The largest absolute Gasteiger partial charge is 0.347 e. The van der Waals surface area contributed by atoms with Gasteiger partial charge in [-0.05, 0) is 12.1 Å². The van der Waals surface area contributed by atoms with E-state index in [1.807, 2.05) is 11.0 Å². The van der Waals surface area contributed by atoms with Gasteiger partial charge in [0.2, 0.25) is 5.91 Å². The maximum absolute atomic E-state index is 12.5. The van der Waals surface area contributed by atoms with Crippen molar-refractivity contribution < 1.29 is 14.3 Å². The Morgan fingerprint density at radius 3 is 2.46 bits per heavy atom. The fourth-order valence-corrected chi connectivity index (χ4v) is 3.48. The first kappa shape index (κ1) is 17.4. The summed E-state index contributed by atoms with van der Waals surface area (Å²) in [5.74, 6) is -0.158. The molecule has 2 fully saturated rings. The fourth-order valence-electron chi connectivity index (χ4n) is 3.48. The first-order valence-corrected chi connectivity index (χ1v) is 9.03. The van der Waals surface area contributed by atoms with Gasteiger partial charge in [-0.2, -0.15) is 0 Å². The van der Waals surface area contributed by atoms with E-state index in [-0.39, 0.29) is 5.91 Å². The van der Waals surface area contributed by atoms with Gasteiger partial charge in [-0.25, -0.2) is 0 Å². The van der Waals surface area contributed by atoms with Gasteiger partial charge in [-0.1, -0.05) is 37.3 Å². The zero-order valence-corrected chi connectivity index (χ0v) is 14.6. The molecule has 0 radical (unpaired) electrons. The lowest BCUT2D eigenvalue weighted by atomic mass is 10.0. The van der Waals surface area contributed by atoms with Gasteiger partial charge in [0.25, 0.3) is 0 Å². The van der Waals surface area contributed by atoms with Crippen LogP contribution in [0.3, 0.4) is 0 Å². The van der Waals surface area contributed by atoms with Crippen molar-refractivity contribution >= 4 is 5.91 Å². The highest BCUT2D eigenvalue weighted by atomic mass is 16.7. The van der Waals surface area contributed by atoms with E-state index in [1.54, 1.807) is 0 Å². The molecular weight excluding hydrogens is 304 g/mol. The summed E-state index contributed by atoms with van der Waals surface area (Å²) in [6, 6.07) is 10.4. The maximum atomic E-state index is 12.5. The standard InChI is InChI=1S/C19H28N2O3/c1-2-20(16-17-6-4-3-5-7-17)11-8-18(22)21-12-9-19(10-13-21)23-14-15-24-19/h3-7H,2,8-16H2,1H3. The van der Waals surface area contributed by atoms with Crippen LogP contribution in [-0.2, 0) is 20.8 Å². The van der Waals surface area contributed by atoms with E-state index in [0.29, 0.717) is 19.6 Å². The minimum absolute atomic E-state index is 0.245. The van der Waals surface area contributed by atoms with Crippen molar-refractivity contribution in [3.8, 4) is 0 Å². The van der Waals surface area contributed by atoms with Crippen LogP contribution in [0, 0.1) is 0 Å². The third kappa shape index (κ3) is 4.35. The van der Waals surface area contributed by atoms with E-state index < -0.39 is 5.79 Å². The van der Waals surface area contributed by atoms with Crippen molar-refractivity contribution in [3.63, 3.8) is 0 Å². The molecule has 1 aromatic carbocycles. The van der Waals surface area contributed by atoms with E-state index in [4.69, 9.17) is 9.47 Å². The minimum Gasteiger partial charge on any atom is -0.347 e. The summed E-state index contributed by atoms with van der Waals surface area (Å²) in [7, 11) is 0. The van der Waals surface area contributed by atoms with Crippen LogP contribution in [-0.4, -0.2) is 60.9 Å². The minimum atomic E-state index is -0.403. The third-order valence-corrected chi connectivity index (χ3v) is 5.03. The number of likely N-dealkylation sites (tertiary alicyclic amines) is 1. The number of piperidine rings is 1. The van der Waals surface area contributed by atoms with Crippen LogP contribution >= 0.6 is 0 Å². The molecule has 2 saturated heterocycles. The van der Waals surface area contributed by atoms with Gasteiger partial charge < -0.3 is 14.4 Å². The number of nitrogens with zero attached hydrogens (tertiary/aromatic N) is 2. The zero-order valence-electron chi connectivity index (χ0n) is 14.6. The Morgan fingerprint density at radius 2 is 1.83 bits per heavy atom. The molecule has 0 saturated carbocycles. The molecule has 0 atom stereocenters. The van der Waals surface area contributed by atoms with Crippen LogP contribution in [0.5, 0.6) is 0 Å². The molecule has 0 unspecified atom stereocenters. The highest BCUT2D eigenvalue weighted by Gasteiger charge is 2.40. The quantitative estimate of drug-likeness (QED) is 0.801. The summed E-state index contributed by atoms with van der Waals surface area (Å²) in [4.78, 5) is 16.8. The molecule has 24 heavy (non-hydrogen) atoms. The Hall–Kier alpha value is -1.43. The Labute approximate surface area is 144 Å². The Morgan fingerprint density at radius 1 is 1.17 bits per heavy atom. The van der Waals surface area contributed by atoms with Crippen LogP contribution in [0.2, 0.25) is 0 Å². The number of benzene rings is 1. The Kier molecular flexibility index (Phi) is 5.87. The van der Waals surface area contributed by atoms with Crippen molar-refractivity contribution in [1.29, 1.82) is 0 Å². The van der Waals surface area contributed by atoms with E-state index in [9.17, 15) is 4.79 Å². The molecule has 0 aromatic heterocycles. The molecule has 0 bridgehead atoms. The van der Waals surface area contributed by atoms with E-state index >= 15 is 0 Å². The molecule has 1 amide bonds. The number of rotatable bonds is 6. The summed E-state index contributed by atoms with van der Waals surface area (Å²) >= 11 is 0. The summed E-state index contributed by atoms with van der Waals surface area (Å²) in [5, 5.41) is 0. The summed E-state index contributed by atoms with van der Waals surface area (Å²) in [6.07, 6.45) is 2.16. The van der Waals surface area contributed by atoms with Crippen molar-refractivity contribution in [3.05, 3.63) is 35.9 Å². The number of carbonyl (C=O) groups is 1. The number of carbonyl (C=O) groups excluding carboxylic acids is 1. The van der Waals surface area contributed by atoms with Crippen molar-refractivity contribution in [2.75, 3.05) is 39.4 Å². The summed E-state index contributed by atoms with van der Waals surface area (Å²) in [6.45, 7) is 7.64. The van der Waals surface area contributed by atoms with Gasteiger partial charge >= 0.3 is 0 Å². The second-order valence-corrected chi connectivity index (χ2v) is 6.59. The Bertz CT molecular complexity index is 519. The zero-order chi connectivity index (χ0) is 16.8. The lowest BCUT2D eigenvalue weighted by Gasteiger charge is -2.37. The molecular formula is C19H28N2O3. The van der Waals surface area contributed by atoms with Gasteiger partial charge in [0.15, 0.2) is 5.79 Å². The average molecular weight is 332 g/mol. The van der Waals surface area contributed by atoms with Crippen LogP contribution in [0.15, 0.2) is 30.3 Å². The molecule has 0 aliphatic carbocycles. The maximum Gasteiger partial charge on any atom is 0.223 e. The molecule has 2 aliphatic heterocycles. The molecule has 2 aliphatic rings. The molecule has 3 rings (SSSR count). The molecule has 2 heterocycles. The number of hydrogen-bond acceptors (Lipinski definition) is 4. The Balaban J connectivity index is 1.43. The van der Waals surface area contributed by atoms with Crippen LogP contribution < -0.4 is 0 Å². The number of ether oxygens (including phenoxy) is 2. The predicted octanol–water partition coefficient (Wildman–Crippen LogP) is 2.26. The van der Waals surface area contributed by atoms with Gasteiger partial charge in [0.1, 0.15) is 0 Å². The SMILES string of the molecule is CCN(CCC(=O)N1CCC2(CC1)OCCO2)Cc1ccccc1. The van der Waals surface area contributed by atoms with E-state index in [2.05, 4.69) is 36.1 Å². The van der Waals surface area contributed by atoms with Crippen molar-refractivity contribution in [2.45, 2.75) is 38.5 Å². The summed E-state index contributed by atoms with van der Waals surface area (Å²) in [5.41, 5.74) is 1.29. The molecule has 1 aromatic rings. The van der Waals surface area contributed by atoms with Crippen molar-refractivity contribution in [2.24, 2.45) is 0 Å². The van der Waals surface area contributed by atoms with Gasteiger partial charge in [0, 0.05) is 45.4 Å². The number of amides is 1. The monoisotopic (exact) mass is 332 g/mol. The van der Waals surface area contributed by atoms with Gasteiger partial charge in [-0.15, -0.1) is 0 Å². The predicted molar refractivity (Wildman–Crippen MR) is 92.5 cm³/mol. The second-order valence-electron chi connectivity index (χ2n) is 6.59. The highest BCUT2D eigenvalue weighted by Crippen LogP contribution is 2.31. The fraction of sp³-hybridized carbons (Fsp3) is 0.632. The third-order valence-electron chi connectivity index (χ3n) is 5.03. The topological polar surface area (TPSA) is 42.0 Å². The molecule has 132 valence electrons. The number of hydrogen-bond donors (Lipinski definition) is 0. The summed E-state index contributed by atoms with van der Waals surface area (Å²) < 4.78 is 11.4. The lowest BCUT2D eigenvalue weighted by molar-refractivity contribution is -0.187. The first-order valence-electron chi connectivity index (χ1n) is 9.03. The van der Waals surface area contributed by atoms with Crippen LogP contribution in [0.1, 0.15) is 31.7 Å². The average Bonchev–Trinajstić information content (AvgIpc) is 3.08. The lowest BCUT2D eigenvalue weighted by Crippen LogP contribution is -2.47.